The van der Waals surface area contributed by atoms with Gasteiger partial charge in [-0.1, -0.05) is 11.3 Å². The maximum Gasteiger partial charge on any atom is 1.00 e. The van der Waals surface area contributed by atoms with Crippen LogP contribution in [0, 0.1) is 0 Å². The van der Waals surface area contributed by atoms with Crippen molar-refractivity contribution < 1.29 is 69.1 Å². The summed E-state index contributed by atoms with van der Waals surface area (Å²) in [4.78, 5) is 0. The summed E-state index contributed by atoms with van der Waals surface area (Å²) < 4.78 is 43.2. The minimum Gasteiger partial charge on any atom is -0.497 e. The van der Waals surface area contributed by atoms with Crippen molar-refractivity contribution in [3.05, 3.63) is 30.5 Å². The molecule has 9 heteroatoms. The molecule has 0 bridgehead atoms. The number of nitrogens with zero attached hydrogens (tertiary/aromatic N) is 3. The van der Waals surface area contributed by atoms with Crippen LogP contribution in [-0.4, -0.2) is 29.1 Å². The first-order chi connectivity index (χ1) is 8.00. The Balaban J connectivity index is 0.00000162. The van der Waals surface area contributed by atoms with E-state index in [1.807, 2.05) is 0 Å². The van der Waals surface area contributed by atoms with E-state index in [4.69, 9.17) is 4.74 Å². The fourth-order valence-corrected chi connectivity index (χ4v) is 1.31. The van der Waals surface area contributed by atoms with Gasteiger partial charge in [0.25, 0.3) is 0 Å². The van der Waals surface area contributed by atoms with Crippen LogP contribution in [0.25, 0.3) is 5.69 Å². The normalized spacial score (nSPS) is 10.9. The molecule has 0 saturated heterocycles. The maximum absolute atomic E-state index is 12.4. The molecule has 0 atom stereocenters. The van der Waals surface area contributed by atoms with E-state index in [2.05, 4.69) is 10.3 Å². The molecule has 4 nitrogen and oxygen atoms in total. The van der Waals surface area contributed by atoms with Gasteiger partial charge >= 0.3 is 58.4 Å². The van der Waals surface area contributed by atoms with E-state index >= 15 is 0 Å². The fourth-order valence-electron chi connectivity index (χ4n) is 1.31. The SMILES string of the molecule is COc1cccc(-n2cc([B-](F)(F)F)nn2)c1.[K+]. The number of aromatic nitrogens is 3. The number of hydrogen-bond donors (Lipinski definition) is 0. The van der Waals surface area contributed by atoms with Crippen molar-refractivity contribution in [1.82, 2.24) is 15.0 Å². The maximum atomic E-state index is 12.4. The number of ether oxygens (including phenoxy) is 1. The van der Waals surface area contributed by atoms with Gasteiger partial charge in [0.2, 0.25) is 0 Å². The molecule has 1 heterocycles. The zero-order valence-corrected chi connectivity index (χ0v) is 13.0. The van der Waals surface area contributed by atoms with E-state index in [0.29, 0.717) is 11.4 Å². The van der Waals surface area contributed by atoms with Gasteiger partial charge in [-0.15, -0.1) is 0 Å². The summed E-state index contributed by atoms with van der Waals surface area (Å²) in [6.07, 6.45) is 0.856. The van der Waals surface area contributed by atoms with Gasteiger partial charge in [0.1, 0.15) is 5.75 Å². The number of rotatable bonds is 3. The van der Waals surface area contributed by atoms with E-state index in [9.17, 15) is 12.9 Å². The molecule has 0 aliphatic heterocycles. The van der Waals surface area contributed by atoms with Crippen LogP contribution in [0.3, 0.4) is 0 Å². The van der Waals surface area contributed by atoms with Crippen LogP contribution < -0.4 is 61.7 Å². The van der Waals surface area contributed by atoms with Crippen LogP contribution in [0.2, 0.25) is 0 Å². The van der Waals surface area contributed by atoms with Crippen LogP contribution >= 0.6 is 0 Å². The van der Waals surface area contributed by atoms with Gasteiger partial charge in [-0.05, 0) is 12.1 Å². The molecule has 0 aliphatic carbocycles. The van der Waals surface area contributed by atoms with Crippen LogP contribution in [0.15, 0.2) is 30.5 Å². The van der Waals surface area contributed by atoms with E-state index in [-0.39, 0.29) is 51.4 Å². The van der Waals surface area contributed by atoms with Crippen molar-refractivity contribution in [2.24, 2.45) is 0 Å². The molecule has 1 aromatic heterocycles. The molecule has 0 aliphatic rings. The minimum absolute atomic E-state index is 0. The fraction of sp³-hybridized carbons (Fsp3) is 0.111. The molecule has 0 radical (unpaired) electrons. The van der Waals surface area contributed by atoms with Crippen molar-refractivity contribution in [3.8, 4) is 11.4 Å². The molecule has 0 amide bonds. The molecular formula is C9H8BF3KN3O. The topological polar surface area (TPSA) is 39.9 Å². The molecular weight excluding hydrogens is 273 g/mol. The predicted octanol–water partition coefficient (Wildman–Crippen LogP) is -1.67. The van der Waals surface area contributed by atoms with E-state index in [0.717, 1.165) is 10.9 Å². The summed E-state index contributed by atoms with van der Waals surface area (Å²) in [6, 6.07) is 6.54. The summed E-state index contributed by atoms with van der Waals surface area (Å²) in [5.41, 5.74) is -0.504. The Morgan fingerprint density at radius 2 is 2.00 bits per heavy atom. The number of hydrogen-bond acceptors (Lipinski definition) is 3. The Hall–Kier alpha value is -0.349. The first kappa shape index (κ1) is 15.7. The van der Waals surface area contributed by atoms with Crippen molar-refractivity contribution >= 4 is 12.6 Å². The van der Waals surface area contributed by atoms with Gasteiger partial charge in [-0.3, -0.25) is 0 Å². The number of halogens is 3. The Labute approximate surface area is 144 Å². The summed E-state index contributed by atoms with van der Waals surface area (Å²) in [5.74, 6) is 0.539. The molecule has 0 saturated carbocycles. The van der Waals surface area contributed by atoms with Crippen molar-refractivity contribution in [1.29, 1.82) is 0 Å². The Morgan fingerprint density at radius 1 is 1.28 bits per heavy atom. The van der Waals surface area contributed by atoms with E-state index < -0.39 is 12.6 Å². The van der Waals surface area contributed by atoms with Crippen molar-refractivity contribution in [3.63, 3.8) is 0 Å². The zero-order chi connectivity index (χ0) is 12.5. The standard InChI is InChI=1S/C9H8BF3N3O.K/c1-17-8-4-2-3-7(5-8)16-6-9(14-15-16)10(11,12)13;/h2-6H,1H3;/q-1;+1. The van der Waals surface area contributed by atoms with Gasteiger partial charge in [0, 0.05) is 17.9 Å². The summed E-state index contributed by atoms with van der Waals surface area (Å²) in [5, 5.41) is 6.53. The number of methoxy groups -OCH3 is 1. The third-order valence-electron chi connectivity index (χ3n) is 2.16. The zero-order valence-electron chi connectivity index (χ0n) is 9.85. The second-order valence-corrected chi connectivity index (χ2v) is 3.36. The molecule has 90 valence electrons. The van der Waals surface area contributed by atoms with Gasteiger partial charge in [-0.25, -0.2) is 4.68 Å². The van der Waals surface area contributed by atoms with Crippen molar-refractivity contribution in [2.75, 3.05) is 7.11 Å². The molecule has 2 rings (SSSR count). The van der Waals surface area contributed by atoms with E-state index in [1.54, 1.807) is 24.3 Å². The van der Waals surface area contributed by atoms with Crippen LogP contribution in [-0.2, 0) is 0 Å². The molecule has 18 heavy (non-hydrogen) atoms. The molecule has 1 aromatic carbocycles. The minimum atomic E-state index is -5.12. The Bertz CT molecular complexity index is 532. The average molecular weight is 281 g/mol. The predicted molar refractivity (Wildman–Crippen MR) is 56.6 cm³/mol. The molecule has 0 unspecified atom stereocenters. The summed E-state index contributed by atoms with van der Waals surface area (Å²) >= 11 is 0. The van der Waals surface area contributed by atoms with Gasteiger partial charge in [0.15, 0.2) is 0 Å². The Morgan fingerprint density at radius 3 is 2.56 bits per heavy atom. The summed E-state index contributed by atoms with van der Waals surface area (Å²) in [6.45, 7) is -5.12. The second kappa shape index (κ2) is 6.20. The van der Waals surface area contributed by atoms with Gasteiger partial charge < -0.3 is 17.7 Å². The second-order valence-electron chi connectivity index (χ2n) is 3.36. The van der Waals surface area contributed by atoms with E-state index in [1.165, 1.54) is 7.11 Å². The average Bonchev–Trinajstić information content (AvgIpc) is 2.78. The molecule has 0 spiro atoms. The molecule has 2 aromatic rings. The number of benzene rings is 1. The first-order valence-electron chi connectivity index (χ1n) is 4.77. The third-order valence-corrected chi connectivity index (χ3v) is 2.16. The van der Waals surface area contributed by atoms with Gasteiger partial charge in [0.05, 0.1) is 12.8 Å². The third kappa shape index (κ3) is 3.58. The summed E-state index contributed by atoms with van der Waals surface area (Å²) in [7, 11) is 1.48. The smallest absolute Gasteiger partial charge is 0.497 e. The van der Waals surface area contributed by atoms with Crippen LogP contribution in [0.1, 0.15) is 0 Å². The quantitative estimate of drug-likeness (QED) is 0.632. The molecule has 0 fully saturated rings. The first-order valence-corrected chi connectivity index (χ1v) is 4.77. The van der Waals surface area contributed by atoms with Gasteiger partial charge in [-0.2, -0.15) is 5.10 Å². The van der Waals surface area contributed by atoms with Crippen LogP contribution in [0.4, 0.5) is 12.9 Å². The largest absolute Gasteiger partial charge is 1.00 e. The molecule has 0 N–H and O–H groups in total. The van der Waals surface area contributed by atoms with Crippen LogP contribution in [0.5, 0.6) is 5.75 Å². The monoisotopic (exact) mass is 281 g/mol. The Kier molecular flexibility index (Phi) is 5.41. The van der Waals surface area contributed by atoms with Crippen molar-refractivity contribution in [2.45, 2.75) is 0 Å².